The van der Waals surface area contributed by atoms with Gasteiger partial charge in [-0.25, -0.2) is 0 Å². The fourth-order valence-electron chi connectivity index (χ4n) is 1.89. The average molecular weight is 261 g/mol. The summed E-state index contributed by atoms with van der Waals surface area (Å²) in [5, 5.41) is 5.91. The zero-order valence-electron chi connectivity index (χ0n) is 11.5. The number of carbonyl (C=O) groups excluding carboxylic acids is 2. The van der Waals surface area contributed by atoms with E-state index in [1.807, 2.05) is 39.0 Å². The summed E-state index contributed by atoms with van der Waals surface area (Å²) in [5.74, 6) is -0.264. The summed E-state index contributed by atoms with van der Waals surface area (Å²) in [4.78, 5) is 25.4. The van der Waals surface area contributed by atoms with Gasteiger partial charge in [-0.3, -0.25) is 14.5 Å². The third-order valence-electron chi connectivity index (χ3n) is 2.84. The zero-order chi connectivity index (χ0) is 14.0. The Morgan fingerprint density at radius 2 is 2.05 bits per heavy atom. The predicted octanol–water partition coefficient (Wildman–Crippen LogP) is 1.36. The van der Waals surface area contributed by atoms with Gasteiger partial charge in [-0.05, 0) is 32.9 Å². The largest absolute Gasteiger partial charge is 0.323 e. The van der Waals surface area contributed by atoms with Gasteiger partial charge in [-0.1, -0.05) is 12.1 Å². The van der Waals surface area contributed by atoms with Gasteiger partial charge < -0.3 is 10.6 Å². The van der Waals surface area contributed by atoms with Crippen molar-refractivity contribution < 1.29 is 9.59 Å². The first-order chi connectivity index (χ1) is 8.87. The van der Waals surface area contributed by atoms with E-state index >= 15 is 0 Å². The van der Waals surface area contributed by atoms with Crippen LogP contribution in [-0.4, -0.2) is 30.4 Å². The van der Waals surface area contributed by atoms with Crippen molar-refractivity contribution in [2.24, 2.45) is 0 Å². The highest BCUT2D eigenvalue weighted by Crippen LogP contribution is 2.28. The smallest absolute Gasteiger partial charge is 0.244 e. The molecule has 1 aromatic carbocycles. The van der Waals surface area contributed by atoms with Crippen LogP contribution in [0, 0.1) is 0 Å². The van der Waals surface area contributed by atoms with Crippen LogP contribution in [0.2, 0.25) is 0 Å². The van der Waals surface area contributed by atoms with Gasteiger partial charge in [0.2, 0.25) is 11.8 Å². The third kappa shape index (κ3) is 3.32. The van der Waals surface area contributed by atoms with Gasteiger partial charge in [0.15, 0.2) is 0 Å². The minimum Gasteiger partial charge on any atom is -0.323 e. The zero-order valence-corrected chi connectivity index (χ0v) is 11.5. The first-order valence-corrected chi connectivity index (χ1v) is 6.31. The number of rotatable bonds is 2. The molecule has 1 heterocycles. The van der Waals surface area contributed by atoms with Crippen molar-refractivity contribution in [1.82, 2.24) is 5.32 Å². The number of nitrogens with zero attached hydrogens (tertiary/aromatic N) is 1. The summed E-state index contributed by atoms with van der Waals surface area (Å²) in [6, 6.07) is 7.32. The summed E-state index contributed by atoms with van der Waals surface area (Å²) in [7, 11) is 0. The number of para-hydroxylation sites is 2. The minimum absolute atomic E-state index is 0.0711. The molecule has 1 aromatic rings. The molecule has 1 aliphatic rings. The summed E-state index contributed by atoms with van der Waals surface area (Å²) in [6.45, 7) is 6.28. The SMILES string of the molecule is CC(C)(C)NCC(=O)N1CC(=O)Nc2ccccc21. The summed E-state index contributed by atoms with van der Waals surface area (Å²) in [6.07, 6.45) is 0. The maximum atomic E-state index is 12.2. The molecule has 19 heavy (non-hydrogen) atoms. The molecule has 0 saturated carbocycles. The molecule has 0 spiro atoms. The van der Waals surface area contributed by atoms with Crippen LogP contribution in [0.25, 0.3) is 0 Å². The van der Waals surface area contributed by atoms with Crippen molar-refractivity contribution in [1.29, 1.82) is 0 Å². The van der Waals surface area contributed by atoms with Gasteiger partial charge in [0.05, 0.1) is 17.9 Å². The lowest BCUT2D eigenvalue weighted by atomic mass is 10.1. The minimum atomic E-state index is -0.164. The number of hydrogen-bond donors (Lipinski definition) is 2. The lowest BCUT2D eigenvalue weighted by molar-refractivity contribution is -0.121. The van der Waals surface area contributed by atoms with Crippen molar-refractivity contribution in [3.63, 3.8) is 0 Å². The molecule has 0 aromatic heterocycles. The first-order valence-electron chi connectivity index (χ1n) is 6.31. The van der Waals surface area contributed by atoms with Crippen LogP contribution in [0.1, 0.15) is 20.8 Å². The summed E-state index contributed by atoms with van der Waals surface area (Å²) >= 11 is 0. The molecule has 0 saturated heterocycles. The molecule has 5 nitrogen and oxygen atoms in total. The fourth-order valence-corrected chi connectivity index (χ4v) is 1.89. The van der Waals surface area contributed by atoms with Crippen molar-refractivity contribution >= 4 is 23.2 Å². The monoisotopic (exact) mass is 261 g/mol. The lowest BCUT2D eigenvalue weighted by Crippen LogP contribution is -2.48. The van der Waals surface area contributed by atoms with Gasteiger partial charge >= 0.3 is 0 Å². The fraction of sp³-hybridized carbons (Fsp3) is 0.429. The first kappa shape index (κ1) is 13.5. The van der Waals surface area contributed by atoms with Crippen LogP contribution >= 0.6 is 0 Å². The van der Waals surface area contributed by atoms with E-state index in [0.29, 0.717) is 5.69 Å². The Hall–Kier alpha value is -1.88. The molecular weight excluding hydrogens is 242 g/mol. The highest BCUT2D eigenvalue weighted by molar-refractivity contribution is 6.10. The molecule has 0 atom stereocenters. The van der Waals surface area contributed by atoms with Crippen LogP contribution < -0.4 is 15.5 Å². The third-order valence-corrected chi connectivity index (χ3v) is 2.84. The Morgan fingerprint density at radius 3 is 2.74 bits per heavy atom. The summed E-state index contributed by atoms with van der Waals surface area (Å²) in [5.41, 5.74) is 1.30. The molecule has 5 heteroatoms. The maximum Gasteiger partial charge on any atom is 0.244 e. The molecule has 0 fully saturated rings. The molecule has 2 amide bonds. The molecule has 1 aliphatic heterocycles. The van der Waals surface area contributed by atoms with E-state index < -0.39 is 0 Å². The van der Waals surface area contributed by atoms with Crippen molar-refractivity contribution in [3.05, 3.63) is 24.3 Å². The lowest BCUT2D eigenvalue weighted by Gasteiger charge is -2.30. The van der Waals surface area contributed by atoms with E-state index in [2.05, 4.69) is 10.6 Å². The predicted molar refractivity (Wildman–Crippen MR) is 75.2 cm³/mol. The van der Waals surface area contributed by atoms with E-state index in [-0.39, 0.29) is 30.4 Å². The van der Waals surface area contributed by atoms with Crippen LogP contribution in [0.5, 0.6) is 0 Å². The Morgan fingerprint density at radius 1 is 1.37 bits per heavy atom. The van der Waals surface area contributed by atoms with Gasteiger partial charge in [-0.2, -0.15) is 0 Å². The number of amides is 2. The Labute approximate surface area is 113 Å². The molecule has 2 rings (SSSR count). The van der Waals surface area contributed by atoms with Crippen LogP contribution in [0.4, 0.5) is 11.4 Å². The van der Waals surface area contributed by atoms with Gasteiger partial charge in [0.1, 0.15) is 6.54 Å². The van der Waals surface area contributed by atoms with Crippen molar-refractivity contribution in [3.8, 4) is 0 Å². The number of carbonyl (C=O) groups is 2. The van der Waals surface area contributed by atoms with E-state index in [4.69, 9.17) is 0 Å². The second kappa shape index (κ2) is 5.01. The number of benzene rings is 1. The standard InChI is InChI=1S/C14H19N3O2/c1-14(2,3)15-8-13(19)17-9-12(18)16-10-6-4-5-7-11(10)17/h4-7,15H,8-9H2,1-3H3,(H,16,18). The Kier molecular flexibility index (Phi) is 3.57. The number of fused-ring (bicyclic) bond motifs is 1. The highest BCUT2D eigenvalue weighted by atomic mass is 16.2. The second-order valence-corrected chi connectivity index (χ2v) is 5.65. The molecule has 102 valence electrons. The Bertz CT molecular complexity index is 506. The molecule has 0 bridgehead atoms. The highest BCUT2D eigenvalue weighted by Gasteiger charge is 2.26. The summed E-state index contributed by atoms with van der Waals surface area (Å²) < 4.78 is 0. The molecule has 0 radical (unpaired) electrons. The van der Waals surface area contributed by atoms with Crippen molar-refractivity contribution in [2.75, 3.05) is 23.3 Å². The maximum absolute atomic E-state index is 12.2. The Balaban J connectivity index is 2.16. The van der Waals surface area contributed by atoms with Gasteiger partial charge in [0, 0.05) is 5.54 Å². The number of hydrogen-bond acceptors (Lipinski definition) is 3. The quantitative estimate of drug-likeness (QED) is 0.845. The van der Waals surface area contributed by atoms with E-state index in [1.165, 1.54) is 4.90 Å². The van der Waals surface area contributed by atoms with Crippen molar-refractivity contribution in [2.45, 2.75) is 26.3 Å². The van der Waals surface area contributed by atoms with Gasteiger partial charge in [0.25, 0.3) is 0 Å². The normalized spacial score (nSPS) is 14.9. The number of nitrogens with one attached hydrogen (secondary N) is 2. The van der Waals surface area contributed by atoms with Crippen LogP contribution in [0.15, 0.2) is 24.3 Å². The molecular formula is C14H19N3O2. The van der Waals surface area contributed by atoms with E-state index in [9.17, 15) is 9.59 Å². The average Bonchev–Trinajstić information content (AvgIpc) is 2.34. The number of anilines is 2. The second-order valence-electron chi connectivity index (χ2n) is 5.65. The van der Waals surface area contributed by atoms with Crippen LogP contribution in [-0.2, 0) is 9.59 Å². The van der Waals surface area contributed by atoms with E-state index in [0.717, 1.165) is 5.69 Å². The molecule has 0 unspecified atom stereocenters. The van der Waals surface area contributed by atoms with E-state index in [1.54, 1.807) is 6.07 Å². The molecule has 2 N–H and O–H groups in total. The van der Waals surface area contributed by atoms with Crippen LogP contribution in [0.3, 0.4) is 0 Å². The topological polar surface area (TPSA) is 61.4 Å². The molecule has 0 aliphatic carbocycles. The van der Waals surface area contributed by atoms with Gasteiger partial charge in [-0.15, -0.1) is 0 Å².